The van der Waals surface area contributed by atoms with Gasteiger partial charge in [-0.2, -0.15) is 0 Å². The topological polar surface area (TPSA) is 57.4 Å². The van der Waals surface area contributed by atoms with Gasteiger partial charge in [0.15, 0.2) is 10.3 Å². The molecule has 0 saturated heterocycles. The van der Waals surface area contributed by atoms with Gasteiger partial charge in [-0.25, -0.2) is 9.97 Å². The van der Waals surface area contributed by atoms with E-state index in [1.807, 2.05) is 49.4 Å². The van der Waals surface area contributed by atoms with Gasteiger partial charge < -0.3 is 9.97 Å². The molecular weight excluding hydrogens is 300 g/mol. The van der Waals surface area contributed by atoms with E-state index in [4.69, 9.17) is 0 Å². The highest BCUT2D eigenvalue weighted by Crippen LogP contribution is 2.16. The summed E-state index contributed by atoms with van der Waals surface area (Å²) in [6, 6.07) is 13.9. The average molecular weight is 314 g/mol. The van der Waals surface area contributed by atoms with Gasteiger partial charge in [0.05, 0.1) is 22.1 Å². The van der Waals surface area contributed by atoms with Crippen LogP contribution in [0, 0.1) is 6.92 Å². The zero-order valence-electron chi connectivity index (χ0n) is 11.3. The highest BCUT2D eigenvalue weighted by Gasteiger charge is 1.99. The average Bonchev–Trinajstić information content (AvgIpc) is 3.01. The van der Waals surface area contributed by atoms with Crippen molar-refractivity contribution in [3.8, 4) is 0 Å². The number of aromatic amines is 2. The van der Waals surface area contributed by atoms with Gasteiger partial charge in [0.1, 0.15) is 0 Å². The van der Waals surface area contributed by atoms with Crippen LogP contribution in [0.2, 0.25) is 0 Å². The molecule has 0 spiro atoms. The molecule has 0 bridgehead atoms. The molecular formula is C15H14N4S2. The van der Waals surface area contributed by atoms with Gasteiger partial charge in [-0.15, -0.1) is 25.3 Å². The number of imidazole rings is 2. The summed E-state index contributed by atoms with van der Waals surface area (Å²) in [4.78, 5) is 14.4. The molecule has 0 fully saturated rings. The van der Waals surface area contributed by atoms with Crippen molar-refractivity contribution >= 4 is 47.3 Å². The lowest BCUT2D eigenvalue weighted by molar-refractivity contribution is 1.09. The summed E-state index contributed by atoms with van der Waals surface area (Å²) in [7, 11) is 0. The van der Waals surface area contributed by atoms with Crippen molar-refractivity contribution in [3.05, 3.63) is 48.0 Å². The van der Waals surface area contributed by atoms with E-state index in [0.29, 0.717) is 10.3 Å². The minimum absolute atomic E-state index is 0.668. The number of fused-ring (bicyclic) bond motifs is 2. The van der Waals surface area contributed by atoms with Gasteiger partial charge in [0.2, 0.25) is 0 Å². The lowest BCUT2D eigenvalue weighted by Gasteiger charge is -1.90. The maximum Gasteiger partial charge on any atom is 0.163 e. The van der Waals surface area contributed by atoms with Crippen LogP contribution in [0.5, 0.6) is 0 Å². The predicted octanol–water partition coefficient (Wildman–Crippen LogP) is 4.01. The fraction of sp³-hybridized carbons (Fsp3) is 0.0667. The summed E-state index contributed by atoms with van der Waals surface area (Å²) in [5, 5.41) is 1.34. The van der Waals surface area contributed by atoms with Crippen LogP contribution in [-0.4, -0.2) is 19.9 Å². The van der Waals surface area contributed by atoms with Crippen LogP contribution in [0.15, 0.2) is 52.8 Å². The number of para-hydroxylation sites is 3. The lowest BCUT2D eigenvalue weighted by Crippen LogP contribution is -1.73. The number of aromatic nitrogens is 4. The Hall–Kier alpha value is -1.92. The van der Waals surface area contributed by atoms with E-state index in [1.54, 1.807) is 0 Å². The van der Waals surface area contributed by atoms with Crippen LogP contribution in [0.25, 0.3) is 22.1 Å². The third-order valence-corrected chi connectivity index (χ3v) is 3.51. The molecule has 4 rings (SSSR count). The molecule has 106 valence electrons. The van der Waals surface area contributed by atoms with Crippen LogP contribution in [0.1, 0.15) is 5.56 Å². The van der Waals surface area contributed by atoms with Gasteiger partial charge >= 0.3 is 0 Å². The number of rotatable bonds is 0. The number of hydrogen-bond donors (Lipinski definition) is 4. The molecule has 2 aromatic carbocycles. The molecule has 0 amide bonds. The van der Waals surface area contributed by atoms with Gasteiger partial charge in [-0.1, -0.05) is 24.3 Å². The number of nitrogens with one attached hydrogen (secondary N) is 2. The van der Waals surface area contributed by atoms with Crippen molar-refractivity contribution in [2.24, 2.45) is 0 Å². The summed E-state index contributed by atoms with van der Waals surface area (Å²) in [5.41, 5.74) is 5.27. The zero-order valence-corrected chi connectivity index (χ0v) is 13.1. The predicted molar refractivity (Wildman–Crippen MR) is 91.4 cm³/mol. The summed E-state index contributed by atoms with van der Waals surface area (Å²) < 4.78 is 0. The molecule has 21 heavy (non-hydrogen) atoms. The van der Waals surface area contributed by atoms with Gasteiger partial charge in [-0.3, -0.25) is 0 Å². The molecule has 2 heterocycles. The van der Waals surface area contributed by atoms with E-state index in [0.717, 1.165) is 22.1 Å². The number of thiol groups is 2. The SMILES string of the molecule is Cc1cccc2nc(S)[nH]c12.Sc1nc2ccccc2[nH]1. The van der Waals surface area contributed by atoms with Gasteiger partial charge in [0, 0.05) is 0 Å². The molecule has 0 radical (unpaired) electrons. The summed E-state index contributed by atoms with van der Waals surface area (Å²) in [5.74, 6) is 0. The van der Waals surface area contributed by atoms with Gasteiger partial charge in [-0.05, 0) is 30.7 Å². The van der Waals surface area contributed by atoms with Crippen LogP contribution < -0.4 is 0 Å². The highest BCUT2D eigenvalue weighted by atomic mass is 32.1. The second-order valence-corrected chi connectivity index (χ2v) is 5.45. The Morgan fingerprint density at radius 3 is 2.24 bits per heavy atom. The second-order valence-electron chi connectivity index (χ2n) is 4.61. The molecule has 0 aliphatic heterocycles. The summed E-state index contributed by atoms with van der Waals surface area (Å²) in [6.45, 7) is 2.05. The standard InChI is InChI=1S/C8H8N2S.C7H6N2S/c1-5-3-2-4-6-7(5)10-8(11)9-6;10-7-8-5-3-1-2-4-6(5)9-7/h2-4H,1H3,(H2,9,10,11);1-4H,(H2,8,9,10). The Bertz CT molecular complexity index is 862. The number of benzene rings is 2. The molecule has 0 saturated carbocycles. The molecule has 6 heteroatoms. The van der Waals surface area contributed by atoms with Crippen LogP contribution in [0.3, 0.4) is 0 Å². The van der Waals surface area contributed by atoms with Crippen molar-refractivity contribution in [1.29, 1.82) is 0 Å². The van der Waals surface area contributed by atoms with Crippen molar-refractivity contribution in [1.82, 2.24) is 19.9 Å². The molecule has 4 nitrogen and oxygen atoms in total. The monoisotopic (exact) mass is 314 g/mol. The molecule has 4 aromatic rings. The Morgan fingerprint density at radius 1 is 0.810 bits per heavy atom. The van der Waals surface area contributed by atoms with Crippen LogP contribution in [-0.2, 0) is 0 Å². The lowest BCUT2D eigenvalue weighted by atomic mass is 10.2. The van der Waals surface area contributed by atoms with Crippen molar-refractivity contribution in [2.75, 3.05) is 0 Å². The molecule has 2 N–H and O–H groups in total. The van der Waals surface area contributed by atoms with E-state index in [1.165, 1.54) is 5.56 Å². The Labute approximate surface area is 132 Å². The fourth-order valence-electron chi connectivity index (χ4n) is 2.10. The van der Waals surface area contributed by atoms with Crippen LogP contribution >= 0.6 is 25.3 Å². The highest BCUT2D eigenvalue weighted by molar-refractivity contribution is 7.80. The van der Waals surface area contributed by atoms with Crippen LogP contribution in [0.4, 0.5) is 0 Å². The number of nitrogens with zero attached hydrogens (tertiary/aromatic N) is 2. The largest absolute Gasteiger partial charge is 0.333 e. The first kappa shape index (κ1) is 14.0. The Kier molecular flexibility index (Phi) is 3.90. The Morgan fingerprint density at radius 2 is 1.48 bits per heavy atom. The van der Waals surface area contributed by atoms with E-state index < -0.39 is 0 Å². The van der Waals surface area contributed by atoms with Crippen molar-refractivity contribution in [2.45, 2.75) is 17.2 Å². The number of H-pyrrole nitrogens is 2. The molecule has 0 aliphatic carbocycles. The number of aryl methyl sites for hydroxylation is 1. The Balaban J connectivity index is 0.000000126. The molecule has 2 aromatic heterocycles. The third kappa shape index (κ3) is 3.06. The van der Waals surface area contributed by atoms with Crippen molar-refractivity contribution < 1.29 is 0 Å². The number of hydrogen-bond acceptors (Lipinski definition) is 4. The molecule has 0 atom stereocenters. The minimum atomic E-state index is 0.668. The van der Waals surface area contributed by atoms with Crippen molar-refractivity contribution in [3.63, 3.8) is 0 Å². The minimum Gasteiger partial charge on any atom is -0.333 e. The van der Waals surface area contributed by atoms with E-state index >= 15 is 0 Å². The third-order valence-electron chi connectivity index (χ3n) is 3.09. The zero-order chi connectivity index (χ0) is 14.8. The molecule has 0 unspecified atom stereocenters. The first-order valence-electron chi connectivity index (χ1n) is 6.41. The maximum absolute atomic E-state index is 4.18. The van der Waals surface area contributed by atoms with E-state index in [9.17, 15) is 0 Å². The first-order chi connectivity index (χ1) is 10.1. The van der Waals surface area contributed by atoms with E-state index in [-0.39, 0.29) is 0 Å². The smallest absolute Gasteiger partial charge is 0.163 e. The summed E-state index contributed by atoms with van der Waals surface area (Å²) in [6.07, 6.45) is 0. The quantitative estimate of drug-likeness (QED) is 0.371. The normalized spacial score (nSPS) is 10.6. The maximum atomic E-state index is 4.18. The molecule has 0 aliphatic rings. The van der Waals surface area contributed by atoms with Gasteiger partial charge in [0.25, 0.3) is 0 Å². The summed E-state index contributed by atoms with van der Waals surface area (Å²) >= 11 is 8.20. The first-order valence-corrected chi connectivity index (χ1v) is 7.31. The second kappa shape index (κ2) is 5.83. The fourth-order valence-corrected chi connectivity index (χ4v) is 2.55. The van der Waals surface area contributed by atoms with E-state index in [2.05, 4.69) is 45.2 Å².